The van der Waals surface area contributed by atoms with Gasteiger partial charge >= 0.3 is 6.97 Å². The summed E-state index contributed by atoms with van der Waals surface area (Å²) in [6, 6.07) is 6.09. The highest BCUT2D eigenvalue weighted by atomic mass is 127. The summed E-state index contributed by atoms with van der Waals surface area (Å²) in [6.45, 7) is 5.56. The lowest BCUT2D eigenvalue weighted by Gasteiger charge is -2.34. The monoisotopic (exact) mass is 590 g/mol. The van der Waals surface area contributed by atoms with Crippen molar-refractivity contribution in [2.24, 2.45) is 0 Å². The lowest BCUT2D eigenvalue weighted by atomic mass is 9.83. The van der Waals surface area contributed by atoms with Gasteiger partial charge in [0.05, 0.1) is 5.57 Å². The van der Waals surface area contributed by atoms with Crippen molar-refractivity contribution in [3.63, 3.8) is 0 Å². The number of halogens is 4. The van der Waals surface area contributed by atoms with Crippen molar-refractivity contribution in [2.75, 3.05) is 0 Å². The molecule has 1 aromatic carbocycles. The highest BCUT2D eigenvalue weighted by Gasteiger charge is 2.55. The smallest absolute Gasteiger partial charge is 0.393 e. The van der Waals surface area contributed by atoms with Gasteiger partial charge in [0.2, 0.25) is 0 Å². The summed E-state index contributed by atoms with van der Waals surface area (Å²) >= 11 is 4.66. The Morgan fingerprint density at radius 2 is 1.56 bits per heavy atom. The average molecular weight is 590 g/mol. The van der Waals surface area contributed by atoms with E-state index < -0.39 is 6.97 Å². The lowest BCUT2D eigenvalue weighted by molar-refractivity contribution is -0.363. The van der Waals surface area contributed by atoms with E-state index in [1.54, 1.807) is 13.8 Å². The van der Waals surface area contributed by atoms with Gasteiger partial charge in [0.25, 0.3) is 0 Å². The van der Waals surface area contributed by atoms with E-state index in [0.717, 1.165) is 29.4 Å². The van der Waals surface area contributed by atoms with Gasteiger partial charge in [-0.15, -0.1) is 0 Å². The maximum atomic E-state index is 15.6. The molecule has 0 amide bonds. The first kappa shape index (κ1) is 19.4. The van der Waals surface area contributed by atoms with Crippen LogP contribution in [0.2, 0.25) is 0 Å². The first-order valence-electron chi connectivity index (χ1n) is 8.78. The van der Waals surface area contributed by atoms with Crippen LogP contribution in [0, 0.1) is 27.9 Å². The molecule has 2 aromatic rings. The number of benzene rings is 1. The van der Waals surface area contributed by atoms with Crippen LogP contribution in [0.25, 0.3) is 5.57 Å². The molecular weight excluding hydrogens is 571 g/mol. The van der Waals surface area contributed by atoms with E-state index in [-0.39, 0.29) is 0 Å². The zero-order chi connectivity index (χ0) is 19.8. The maximum Gasteiger partial charge on any atom is 0.737 e. The number of nitrogens with zero attached hydrogens (tertiary/aromatic N) is 2. The third-order valence-electron chi connectivity index (χ3n) is 5.50. The largest absolute Gasteiger partial charge is 0.737 e. The topological polar surface area (TPSA) is 7.94 Å². The standard InChI is InChI=1S/C20H19BF2I2N2/c1-10-6-12(3)26-19(10)18(15-8-16(24)14(5)17(25)9-15)20-11(2)7-13(4)27(20)21(26,22)23/h6-9H,1-5H3. The van der Waals surface area contributed by atoms with E-state index in [0.29, 0.717) is 22.8 Å². The van der Waals surface area contributed by atoms with Crippen molar-refractivity contribution < 1.29 is 13.1 Å². The van der Waals surface area contributed by atoms with E-state index in [4.69, 9.17) is 0 Å². The van der Waals surface area contributed by atoms with E-state index in [1.807, 2.05) is 26.0 Å². The number of rotatable bonds is 1. The van der Waals surface area contributed by atoms with Gasteiger partial charge in [-0.1, -0.05) is 0 Å². The van der Waals surface area contributed by atoms with Crippen LogP contribution in [-0.2, 0) is 0 Å². The Morgan fingerprint density at radius 1 is 0.963 bits per heavy atom. The van der Waals surface area contributed by atoms with Crippen LogP contribution in [0.3, 0.4) is 0 Å². The molecule has 1 aromatic heterocycles. The Morgan fingerprint density at radius 3 is 2.15 bits per heavy atom. The predicted octanol–water partition coefficient (Wildman–Crippen LogP) is 6.05. The average Bonchev–Trinajstić information content (AvgIpc) is 3.02. The Bertz CT molecular complexity index is 1100. The zero-order valence-electron chi connectivity index (χ0n) is 15.8. The third kappa shape index (κ3) is 2.63. The lowest BCUT2D eigenvalue weighted by Crippen LogP contribution is -2.51. The molecule has 2 nitrogen and oxygen atoms in total. The van der Waals surface area contributed by atoms with Gasteiger partial charge in [0.15, 0.2) is 5.70 Å². The van der Waals surface area contributed by atoms with Crippen LogP contribution in [0.4, 0.5) is 8.63 Å². The van der Waals surface area contributed by atoms with Crippen molar-refractivity contribution in [2.45, 2.75) is 34.6 Å². The molecule has 0 unspecified atom stereocenters. The molecule has 0 saturated carbocycles. The molecule has 0 radical (unpaired) electrons. The van der Waals surface area contributed by atoms with Crippen molar-refractivity contribution in [3.05, 3.63) is 70.8 Å². The third-order valence-corrected chi connectivity index (χ3v) is 7.75. The van der Waals surface area contributed by atoms with Gasteiger partial charge in [-0.25, -0.2) is 0 Å². The van der Waals surface area contributed by atoms with Crippen molar-refractivity contribution in [3.8, 4) is 0 Å². The van der Waals surface area contributed by atoms with Crippen LogP contribution in [0.5, 0.6) is 0 Å². The number of hydrogen-bond donors (Lipinski definition) is 0. The van der Waals surface area contributed by atoms with Gasteiger partial charge in [0, 0.05) is 31.4 Å². The minimum absolute atomic E-state index is 0.595. The Balaban J connectivity index is 2.19. The molecule has 3 heterocycles. The molecule has 0 spiro atoms. The molecule has 0 atom stereocenters. The Kier molecular flexibility index (Phi) is 4.49. The van der Waals surface area contributed by atoms with Gasteiger partial charge in [-0.3, -0.25) is 0 Å². The molecule has 2 aliphatic heterocycles. The fourth-order valence-electron chi connectivity index (χ4n) is 4.36. The van der Waals surface area contributed by atoms with Crippen LogP contribution >= 0.6 is 45.2 Å². The van der Waals surface area contributed by atoms with Crippen molar-refractivity contribution in [1.29, 1.82) is 0 Å². The quantitative estimate of drug-likeness (QED) is 0.283. The minimum atomic E-state index is -3.92. The second kappa shape index (κ2) is 6.27. The fraction of sp³-hybridized carbons (Fsp3) is 0.250. The molecule has 0 bridgehead atoms. The van der Waals surface area contributed by atoms with Gasteiger partial charge in [0.1, 0.15) is 5.71 Å². The van der Waals surface area contributed by atoms with Crippen molar-refractivity contribution >= 4 is 63.4 Å². The normalized spacial score (nSPS) is 18.0. The first-order chi connectivity index (χ1) is 12.6. The Labute approximate surface area is 185 Å². The number of aryl methyl sites for hydroxylation is 2. The summed E-state index contributed by atoms with van der Waals surface area (Å²) in [5.41, 5.74) is 7.36. The fourth-order valence-corrected chi connectivity index (χ4v) is 6.13. The Hall–Kier alpha value is -0.965. The summed E-state index contributed by atoms with van der Waals surface area (Å²) in [4.78, 5) is 0. The SMILES string of the molecule is CC1=CC(C)=[N+]2C1=C(c1cc(I)c(C)c(I)c1)c1c(C)cc(C)n1[B-]2(F)F. The molecule has 7 heteroatoms. The highest BCUT2D eigenvalue weighted by molar-refractivity contribution is 14.1. The maximum absolute atomic E-state index is 15.6. The molecular formula is C20H19BF2I2N2. The second-order valence-corrected chi connectivity index (χ2v) is 9.73. The summed E-state index contributed by atoms with van der Waals surface area (Å²) in [6.07, 6.45) is 1.87. The van der Waals surface area contributed by atoms with Crippen LogP contribution < -0.4 is 0 Å². The molecule has 140 valence electrons. The zero-order valence-corrected chi connectivity index (χ0v) is 20.1. The van der Waals surface area contributed by atoms with Gasteiger partial charge < -0.3 is 17.6 Å². The number of hydrogen-bond acceptors (Lipinski definition) is 0. The summed E-state index contributed by atoms with van der Waals surface area (Å²) in [7, 11) is 0. The second-order valence-electron chi connectivity index (χ2n) is 7.40. The highest BCUT2D eigenvalue weighted by Crippen LogP contribution is 2.44. The number of fused-ring (bicyclic) bond motifs is 2. The molecule has 2 aliphatic rings. The summed E-state index contributed by atoms with van der Waals surface area (Å²) in [5.74, 6) is 0. The predicted molar refractivity (Wildman–Crippen MR) is 125 cm³/mol. The molecule has 4 rings (SSSR count). The number of aromatic nitrogens is 1. The van der Waals surface area contributed by atoms with Crippen LogP contribution in [-0.4, -0.2) is 21.6 Å². The van der Waals surface area contributed by atoms with Gasteiger partial charge in [-0.2, -0.15) is 0 Å². The van der Waals surface area contributed by atoms with E-state index >= 15 is 8.63 Å². The summed E-state index contributed by atoms with van der Waals surface area (Å²) in [5, 5.41) is 0. The summed E-state index contributed by atoms with van der Waals surface area (Å²) < 4.78 is 36.0. The minimum Gasteiger partial charge on any atom is -0.393 e. The molecule has 0 aliphatic carbocycles. The molecule has 0 saturated heterocycles. The van der Waals surface area contributed by atoms with Crippen molar-refractivity contribution in [1.82, 2.24) is 4.48 Å². The number of allylic oxidation sites excluding steroid dienone is 2. The van der Waals surface area contributed by atoms with Gasteiger partial charge in [-0.05, 0) is 113 Å². The van der Waals surface area contributed by atoms with E-state index in [9.17, 15) is 0 Å². The molecule has 0 N–H and O–H groups in total. The van der Waals surface area contributed by atoms with Crippen LogP contribution in [0.1, 0.15) is 41.9 Å². The first-order valence-corrected chi connectivity index (χ1v) is 10.9. The molecule has 0 fully saturated rings. The molecule has 27 heavy (non-hydrogen) atoms. The van der Waals surface area contributed by atoms with E-state index in [1.165, 1.54) is 14.5 Å². The van der Waals surface area contributed by atoms with Crippen LogP contribution in [0.15, 0.2) is 35.5 Å². The van der Waals surface area contributed by atoms with E-state index in [2.05, 4.69) is 64.2 Å².